The molecule has 0 radical (unpaired) electrons. The fraction of sp³-hybridized carbons (Fsp3) is 0.500. The minimum absolute atomic E-state index is 0.111. The van der Waals surface area contributed by atoms with Gasteiger partial charge in [0.1, 0.15) is 12.1 Å². The second kappa shape index (κ2) is 8.18. The number of ether oxygens (including phenoxy) is 1. The van der Waals surface area contributed by atoms with E-state index in [4.69, 9.17) is 4.74 Å². The van der Waals surface area contributed by atoms with Crippen LogP contribution in [0.5, 0.6) is 0 Å². The number of carbonyl (C=O) groups is 1. The zero-order valence-corrected chi connectivity index (χ0v) is 15.3. The van der Waals surface area contributed by atoms with Gasteiger partial charge in [-0.05, 0) is 31.9 Å². The fourth-order valence-corrected chi connectivity index (χ4v) is 3.25. The van der Waals surface area contributed by atoms with Crippen molar-refractivity contribution in [2.75, 3.05) is 25.1 Å². The molecule has 0 aromatic carbocycles. The maximum Gasteiger partial charge on any atom is 0.253 e. The maximum atomic E-state index is 12.7. The molecule has 1 aliphatic rings. The van der Waals surface area contributed by atoms with Crippen LogP contribution in [0.15, 0.2) is 24.7 Å². The smallest absolute Gasteiger partial charge is 0.253 e. The van der Waals surface area contributed by atoms with Crippen LogP contribution < -0.4 is 10.2 Å². The van der Waals surface area contributed by atoms with E-state index < -0.39 is 0 Å². The Bertz CT molecular complexity index is 755. The predicted molar refractivity (Wildman–Crippen MR) is 97.1 cm³/mol. The van der Waals surface area contributed by atoms with E-state index in [0.29, 0.717) is 24.2 Å². The van der Waals surface area contributed by atoms with Gasteiger partial charge in [-0.1, -0.05) is 6.92 Å². The Morgan fingerprint density at radius 2 is 2.27 bits per heavy atom. The lowest BCUT2D eigenvalue weighted by Crippen LogP contribution is -2.41. The summed E-state index contributed by atoms with van der Waals surface area (Å²) in [6.45, 7) is 5.05. The molecule has 3 heterocycles. The summed E-state index contributed by atoms with van der Waals surface area (Å²) >= 11 is 0. The summed E-state index contributed by atoms with van der Waals surface area (Å²) in [6.07, 6.45) is 4.86. The molecule has 2 aromatic heterocycles. The molecule has 138 valence electrons. The molecule has 1 aliphatic heterocycles. The summed E-state index contributed by atoms with van der Waals surface area (Å²) in [5.74, 6) is 0.720. The molecule has 0 spiro atoms. The van der Waals surface area contributed by atoms with Crippen LogP contribution in [0.4, 0.5) is 5.82 Å². The minimum atomic E-state index is -0.122. The molecule has 3 rings (SSSR count). The second-order valence-electron chi connectivity index (χ2n) is 6.38. The van der Waals surface area contributed by atoms with Crippen molar-refractivity contribution in [3.63, 3.8) is 0 Å². The Labute approximate surface area is 153 Å². The van der Waals surface area contributed by atoms with Crippen LogP contribution in [0.2, 0.25) is 0 Å². The highest BCUT2D eigenvalue weighted by atomic mass is 16.5. The number of hydrogen-bond acceptors (Lipinski definition) is 7. The molecule has 2 aromatic rings. The molecule has 1 N–H and O–H groups in total. The highest BCUT2D eigenvalue weighted by molar-refractivity contribution is 5.95. The Morgan fingerprint density at radius 3 is 2.96 bits per heavy atom. The fourth-order valence-electron chi connectivity index (χ4n) is 3.25. The van der Waals surface area contributed by atoms with Gasteiger partial charge in [-0.25, -0.2) is 9.97 Å². The molecule has 8 heteroatoms. The van der Waals surface area contributed by atoms with Crippen molar-refractivity contribution < 1.29 is 9.53 Å². The average molecular weight is 356 g/mol. The van der Waals surface area contributed by atoms with Gasteiger partial charge in [0, 0.05) is 26.4 Å². The summed E-state index contributed by atoms with van der Waals surface area (Å²) < 4.78 is 5.52. The molecule has 1 saturated heterocycles. The first-order chi connectivity index (χ1) is 12.6. The van der Waals surface area contributed by atoms with E-state index in [9.17, 15) is 4.79 Å². The topological polar surface area (TPSA) is 93.1 Å². The lowest BCUT2D eigenvalue weighted by atomic mass is 10.1. The van der Waals surface area contributed by atoms with Crippen LogP contribution in [-0.2, 0) is 11.2 Å². The van der Waals surface area contributed by atoms with Crippen LogP contribution in [0, 0.1) is 6.92 Å². The van der Waals surface area contributed by atoms with Crippen LogP contribution >= 0.6 is 0 Å². The first-order valence-corrected chi connectivity index (χ1v) is 8.79. The molecular formula is C18H24N6O2. The van der Waals surface area contributed by atoms with Crippen molar-refractivity contribution in [2.24, 2.45) is 0 Å². The monoisotopic (exact) mass is 356 g/mol. The van der Waals surface area contributed by atoms with Crippen LogP contribution in [0.25, 0.3) is 0 Å². The lowest BCUT2D eigenvalue weighted by Gasteiger charge is -2.25. The van der Waals surface area contributed by atoms with E-state index in [0.717, 1.165) is 24.5 Å². The minimum Gasteiger partial charge on any atom is -0.380 e. The van der Waals surface area contributed by atoms with Gasteiger partial charge in [0.2, 0.25) is 0 Å². The largest absolute Gasteiger partial charge is 0.380 e. The lowest BCUT2D eigenvalue weighted by molar-refractivity contribution is 0.0944. The number of nitrogens with zero attached hydrogens (tertiary/aromatic N) is 5. The van der Waals surface area contributed by atoms with Gasteiger partial charge in [0.15, 0.2) is 0 Å². The summed E-state index contributed by atoms with van der Waals surface area (Å²) in [7, 11) is 1.71. The van der Waals surface area contributed by atoms with Gasteiger partial charge in [-0.2, -0.15) is 10.2 Å². The third-order valence-corrected chi connectivity index (χ3v) is 4.64. The van der Waals surface area contributed by atoms with Gasteiger partial charge in [-0.15, -0.1) is 0 Å². The standard InChI is InChI=1S/C18H24N6O2/c1-4-16-15(7-12(2)22-23-16)18(25)20-9-13-8-14(26-3)10-24(13)17-5-6-19-11-21-17/h5-7,11,13-14H,4,8-10H2,1-3H3,(H,20,25)/t13-,14-/m1/s1. The van der Waals surface area contributed by atoms with Crippen molar-refractivity contribution in [3.8, 4) is 0 Å². The molecule has 26 heavy (non-hydrogen) atoms. The van der Waals surface area contributed by atoms with Crippen molar-refractivity contribution in [3.05, 3.63) is 41.6 Å². The quantitative estimate of drug-likeness (QED) is 0.830. The zero-order chi connectivity index (χ0) is 18.5. The molecule has 1 fully saturated rings. The van der Waals surface area contributed by atoms with E-state index in [2.05, 4.69) is 30.4 Å². The summed E-state index contributed by atoms with van der Waals surface area (Å²) in [4.78, 5) is 23.1. The number of amides is 1. The van der Waals surface area contributed by atoms with Crippen LogP contribution in [0.1, 0.15) is 35.1 Å². The highest BCUT2D eigenvalue weighted by Crippen LogP contribution is 2.24. The van der Waals surface area contributed by atoms with E-state index in [1.165, 1.54) is 6.33 Å². The zero-order valence-electron chi connectivity index (χ0n) is 15.3. The third kappa shape index (κ3) is 3.96. The Morgan fingerprint density at radius 1 is 1.42 bits per heavy atom. The first-order valence-electron chi connectivity index (χ1n) is 8.79. The van der Waals surface area contributed by atoms with Crippen molar-refractivity contribution in [1.29, 1.82) is 0 Å². The third-order valence-electron chi connectivity index (χ3n) is 4.64. The van der Waals surface area contributed by atoms with E-state index in [1.54, 1.807) is 19.4 Å². The molecule has 0 aliphatic carbocycles. The van der Waals surface area contributed by atoms with Gasteiger partial charge in [-0.3, -0.25) is 4.79 Å². The number of anilines is 1. The molecule has 0 saturated carbocycles. The van der Waals surface area contributed by atoms with Crippen LogP contribution in [-0.4, -0.2) is 58.4 Å². The van der Waals surface area contributed by atoms with Crippen molar-refractivity contribution in [1.82, 2.24) is 25.5 Å². The molecule has 0 bridgehead atoms. The molecule has 0 unspecified atom stereocenters. The number of nitrogens with one attached hydrogen (secondary N) is 1. The van der Waals surface area contributed by atoms with Gasteiger partial charge >= 0.3 is 0 Å². The summed E-state index contributed by atoms with van der Waals surface area (Å²) in [6, 6.07) is 3.77. The molecule has 8 nitrogen and oxygen atoms in total. The van der Waals surface area contributed by atoms with Gasteiger partial charge < -0.3 is 15.0 Å². The highest BCUT2D eigenvalue weighted by Gasteiger charge is 2.33. The number of hydrogen-bond donors (Lipinski definition) is 1. The first kappa shape index (κ1) is 18.2. The van der Waals surface area contributed by atoms with E-state index in [1.807, 2.05) is 19.9 Å². The summed E-state index contributed by atoms with van der Waals surface area (Å²) in [5, 5.41) is 11.2. The number of methoxy groups -OCH3 is 1. The Balaban J connectivity index is 1.71. The second-order valence-corrected chi connectivity index (χ2v) is 6.38. The average Bonchev–Trinajstić information content (AvgIpc) is 3.10. The summed E-state index contributed by atoms with van der Waals surface area (Å²) in [5.41, 5.74) is 2.03. The van der Waals surface area contributed by atoms with Crippen molar-refractivity contribution >= 4 is 11.7 Å². The van der Waals surface area contributed by atoms with E-state index >= 15 is 0 Å². The number of rotatable bonds is 6. The van der Waals surface area contributed by atoms with Gasteiger partial charge in [0.25, 0.3) is 5.91 Å². The van der Waals surface area contributed by atoms with Crippen LogP contribution in [0.3, 0.4) is 0 Å². The van der Waals surface area contributed by atoms with Crippen molar-refractivity contribution in [2.45, 2.75) is 38.8 Å². The van der Waals surface area contributed by atoms with Gasteiger partial charge in [0.05, 0.1) is 29.1 Å². The Kier molecular flexibility index (Phi) is 5.72. The molecule has 2 atom stereocenters. The number of aromatic nitrogens is 4. The number of aryl methyl sites for hydroxylation is 2. The van der Waals surface area contributed by atoms with E-state index in [-0.39, 0.29) is 18.1 Å². The predicted octanol–water partition coefficient (Wildman–Crippen LogP) is 1.16. The normalized spacial score (nSPS) is 19.6. The molecular weight excluding hydrogens is 332 g/mol. The molecule has 1 amide bonds. The Hall–Kier alpha value is -2.61. The number of carbonyl (C=O) groups excluding carboxylic acids is 1. The maximum absolute atomic E-state index is 12.7. The SMILES string of the molecule is CCc1nnc(C)cc1C(=O)NC[C@H]1C[C@@H](OC)CN1c1ccncn1.